The van der Waals surface area contributed by atoms with Crippen LogP contribution >= 0.6 is 0 Å². The van der Waals surface area contributed by atoms with Crippen molar-refractivity contribution in [2.75, 3.05) is 19.8 Å². The molecule has 1 saturated heterocycles. The SMILES string of the molecule is C#CCC(O)C1COCCN1C(=O)OC(C)(C)C. The Bertz CT molecular complexity index is 329. The summed E-state index contributed by atoms with van der Waals surface area (Å²) in [7, 11) is 0. The maximum Gasteiger partial charge on any atom is 0.410 e. The lowest BCUT2D eigenvalue weighted by Crippen LogP contribution is -2.55. The molecule has 102 valence electrons. The Labute approximate surface area is 108 Å². The van der Waals surface area contributed by atoms with Crippen LogP contribution in [0.4, 0.5) is 4.79 Å². The average Bonchev–Trinajstić information content (AvgIpc) is 2.27. The van der Waals surface area contributed by atoms with Crippen LogP contribution in [0.25, 0.3) is 0 Å². The number of carbonyl (C=O) groups is 1. The second-order valence-electron chi connectivity index (χ2n) is 5.29. The fourth-order valence-electron chi connectivity index (χ4n) is 1.75. The van der Waals surface area contributed by atoms with Crippen molar-refractivity contribution in [2.45, 2.75) is 44.9 Å². The number of morpholine rings is 1. The van der Waals surface area contributed by atoms with Crippen LogP contribution in [0.15, 0.2) is 0 Å². The second-order valence-corrected chi connectivity index (χ2v) is 5.29. The zero-order chi connectivity index (χ0) is 13.8. The summed E-state index contributed by atoms with van der Waals surface area (Å²) in [6, 6.07) is -0.440. The molecule has 2 atom stereocenters. The Kier molecular flexibility index (Phi) is 5.00. The number of hydrogen-bond acceptors (Lipinski definition) is 4. The van der Waals surface area contributed by atoms with Crippen molar-refractivity contribution in [3.8, 4) is 12.3 Å². The maximum absolute atomic E-state index is 12.0. The van der Waals surface area contributed by atoms with Gasteiger partial charge in [0.05, 0.1) is 25.4 Å². The van der Waals surface area contributed by atoms with Crippen molar-refractivity contribution < 1.29 is 19.4 Å². The molecule has 18 heavy (non-hydrogen) atoms. The van der Waals surface area contributed by atoms with E-state index in [0.717, 1.165) is 0 Å². The number of terminal acetylenes is 1. The topological polar surface area (TPSA) is 59.0 Å². The van der Waals surface area contributed by atoms with E-state index in [0.29, 0.717) is 13.2 Å². The second kappa shape index (κ2) is 6.07. The summed E-state index contributed by atoms with van der Waals surface area (Å²) in [4.78, 5) is 13.5. The van der Waals surface area contributed by atoms with Crippen LogP contribution in [-0.4, -0.2) is 53.6 Å². The summed E-state index contributed by atoms with van der Waals surface area (Å²) in [5, 5.41) is 9.92. The van der Waals surface area contributed by atoms with Crippen molar-refractivity contribution in [2.24, 2.45) is 0 Å². The summed E-state index contributed by atoms with van der Waals surface area (Å²) in [6.07, 6.45) is 4.13. The van der Waals surface area contributed by atoms with Gasteiger partial charge < -0.3 is 14.6 Å². The Balaban J connectivity index is 2.70. The lowest BCUT2D eigenvalue weighted by Gasteiger charge is -2.38. The third-order valence-electron chi connectivity index (χ3n) is 2.56. The van der Waals surface area contributed by atoms with E-state index in [1.807, 2.05) is 0 Å². The number of ether oxygens (including phenoxy) is 2. The Morgan fingerprint density at radius 2 is 2.33 bits per heavy atom. The zero-order valence-electron chi connectivity index (χ0n) is 11.2. The number of hydrogen-bond donors (Lipinski definition) is 1. The number of amides is 1. The van der Waals surface area contributed by atoms with Crippen molar-refractivity contribution >= 4 is 6.09 Å². The Morgan fingerprint density at radius 3 is 2.89 bits per heavy atom. The van der Waals surface area contributed by atoms with E-state index in [9.17, 15) is 9.90 Å². The molecule has 1 rings (SSSR count). The van der Waals surface area contributed by atoms with Gasteiger partial charge in [0.25, 0.3) is 0 Å². The predicted octanol–water partition coefficient (Wildman–Crippen LogP) is 1.01. The van der Waals surface area contributed by atoms with Gasteiger partial charge in [-0.2, -0.15) is 0 Å². The van der Waals surface area contributed by atoms with Crippen LogP contribution in [0.3, 0.4) is 0 Å². The average molecular weight is 255 g/mol. The van der Waals surface area contributed by atoms with Gasteiger partial charge >= 0.3 is 6.09 Å². The third kappa shape index (κ3) is 4.21. The molecule has 5 nitrogen and oxygen atoms in total. The van der Waals surface area contributed by atoms with Gasteiger partial charge in [-0.15, -0.1) is 12.3 Å². The third-order valence-corrected chi connectivity index (χ3v) is 2.56. The van der Waals surface area contributed by atoms with Crippen LogP contribution < -0.4 is 0 Å². The largest absolute Gasteiger partial charge is 0.444 e. The molecular formula is C13H21NO4. The minimum absolute atomic E-state index is 0.188. The van der Waals surface area contributed by atoms with Crippen LogP contribution in [-0.2, 0) is 9.47 Å². The molecule has 0 aromatic carbocycles. The smallest absolute Gasteiger partial charge is 0.410 e. The number of rotatable bonds is 2. The molecule has 1 aliphatic heterocycles. The molecule has 5 heteroatoms. The highest BCUT2D eigenvalue weighted by Crippen LogP contribution is 2.17. The highest BCUT2D eigenvalue weighted by Gasteiger charge is 2.34. The van der Waals surface area contributed by atoms with Gasteiger partial charge in [-0.05, 0) is 20.8 Å². The molecule has 0 bridgehead atoms. The molecule has 0 aromatic heterocycles. The molecule has 0 saturated carbocycles. The molecular weight excluding hydrogens is 234 g/mol. The van der Waals surface area contributed by atoms with E-state index in [2.05, 4.69) is 5.92 Å². The number of nitrogens with zero attached hydrogens (tertiary/aromatic N) is 1. The van der Waals surface area contributed by atoms with E-state index < -0.39 is 23.8 Å². The molecule has 1 fully saturated rings. The van der Waals surface area contributed by atoms with E-state index in [1.54, 1.807) is 20.8 Å². The van der Waals surface area contributed by atoms with Crippen LogP contribution in [0.1, 0.15) is 27.2 Å². The zero-order valence-corrected chi connectivity index (χ0v) is 11.2. The minimum Gasteiger partial charge on any atom is -0.444 e. The Morgan fingerprint density at radius 1 is 1.67 bits per heavy atom. The summed E-state index contributed by atoms with van der Waals surface area (Å²) >= 11 is 0. The number of aliphatic hydroxyl groups is 1. The highest BCUT2D eigenvalue weighted by molar-refractivity contribution is 5.68. The van der Waals surface area contributed by atoms with E-state index in [4.69, 9.17) is 15.9 Å². The summed E-state index contributed by atoms with van der Waals surface area (Å²) in [6.45, 7) is 6.54. The fourth-order valence-corrected chi connectivity index (χ4v) is 1.75. The van der Waals surface area contributed by atoms with Crippen molar-refractivity contribution in [1.82, 2.24) is 4.90 Å². The fraction of sp³-hybridized carbons (Fsp3) is 0.769. The first-order valence-electron chi connectivity index (χ1n) is 6.04. The standard InChI is InChI=1S/C13H21NO4/c1-5-6-11(15)10-9-17-8-7-14(10)12(16)18-13(2,3)4/h1,10-11,15H,6-9H2,2-4H3. The first-order chi connectivity index (χ1) is 8.35. The summed E-state index contributed by atoms with van der Waals surface area (Å²) in [5.41, 5.74) is -0.559. The molecule has 1 N–H and O–H groups in total. The van der Waals surface area contributed by atoms with Gasteiger partial charge in [-0.3, -0.25) is 4.90 Å². The molecule has 1 aliphatic rings. The number of aliphatic hydroxyl groups excluding tert-OH is 1. The normalized spacial score (nSPS) is 22.2. The van der Waals surface area contributed by atoms with Gasteiger partial charge in [-0.25, -0.2) is 4.79 Å². The lowest BCUT2D eigenvalue weighted by atomic mass is 10.1. The van der Waals surface area contributed by atoms with E-state index in [1.165, 1.54) is 4.90 Å². The van der Waals surface area contributed by atoms with E-state index >= 15 is 0 Å². The van der Waals surface area contributed by atoms with Crippen LogP contribution in [0.2, 0.25) is 0 Å². The lowest BCUT2D eigenvalue weighted by molar-refractivity contribution is -0.0650. The first kappa shape index (κ1) is 14.8. The monoisotopic (exact) mass is 255 g/mol. The molecule has 0 spiro atoms. The van der Waals surface area contributed by atoms with Gasteiger partial charge in [0.15, 0.2) is 0 Å². The van der Waals surface area contributed by atoms with Gasteiger partial charge in [0, 0.05) is 13.0 Å². The highest BCUT2D eigenvalue weighted by atomic mass is 16.6. The van der Waals surface area contributed by atoms with Crippen molar-refractivity contribution in [1.29, 1.82) is 0 Å². The van der Waals surface area contributed by atoms with Crippen molar-refractivity contribution in [3.05, 3.63) is 0 Å². The Hall–Kier alpha value is -1.25. The van der Waals surface area contributed by atoms with Crippen LogP contribution in [0, 0.1) is 12.3 Å². The predicted molar refractivity (Wildman–Crippen MR) is 67.0 cm³/mol. The maximum atomic E-state index is 12.0. The van der Waals surface area contributed by atoms with Gasteiger partial charge in [0.1, 0.15) is 5.60 Å². The summed E-state index contributed by atoms with van der Waals surface area (Å²) in [5.74, 6) is 2.39. The quantitative estimate of drug-likeness (QED) is 0.748. The molecule has 1 heterocycles. The molecule has 0 radical (unpaired) electrons. The number of carbonyl (C=O) groups excluding carboxylic acids is 1. The molecule has 0 aromatic rings. The minimum atomic E-state index is -0.789. The summed E-state index contributed by atoms with van der Waals surface area (Å²) < 4.78 is 10.6. The van der Waals surface area contributed by atoms with Gasteiger partial charge in [-0.1, -0.05) is 0 Å². The van der Waals surface area contributed by atoms with Crippen LogP contribution in [0.5, 0.6) is 0 Å². The first-order valence-corrected chi connectivity index (χ1v) is 6.04. The molecule has 1 amide bonds. The molecule has 0 aliphatic carbocycles. The van der Waals surface area contributed by atoms with E-state index in [-0.39, 0.29) is 13.0 Å². The molecule has 2 unspecified atom stereocenters. The van der Waals surface area contributed by atoms with Gasteiger partial charge in [0.2, 0.25) is 0 Å². The van der Waals surface area contributed by atoms with Crippen molar-refractivity contribution in [3.63, 3.8) is 0 Å².